The highest BCUT2D eigenvalue weighted by Gasteiger charge is 2.33. The molecule has 0 unspecified atom stereocenters. The van der Waals surface area contributed by atoms with E-state index in [1.807, 2.05) is 37.3 Å². The largest absolute Gasteiger partial charge is 0.351 e. The normalized spacial score (nSPS) is 18.9. The fourth-order valence-corrected chi connectivity index (χ4v) is 4.86. The Balaban J connectivity index is 1.27. The Bertz CT molecular complexity index is 1020. The van der Waals surface area contributed by atoms with Crippen LogP contribution in [0.1, 0.15) is 48.1 Å². The summed E-state index contributed by atoms with van der Waals surface area (Å²) in [5.74, 6) is -0.672. The Morgan fingerprint density at radius 2 is 1.78 bits per heavy atom. The van der Waals surface area contributed by atoms with Crippen molar-refractivity contribution in [1.82, 2.24) is 10.2 Å². The summed E-state index contributed by atoms with van der Waals surface area (Å²) in [4.78, 5) is 43.4. The van der Waals surface area contributed by atoms with Gasteiger partial charge in [0, 0.05) is 30.8 Å². The first-order chi connectivity index (χ1) is 15.5. The number of thioether (sulfide) groups is 1. The molecule has 0 aromatic heterocycles. The Kier molecular flexibility index (Phi) is 6.90. The van der Waals surface area contributed by atoms with E-state index in [0.717, 1.165) is 36.7 Å². The van der Waals surface area contributed by atoms with E-state index < -0.39 is 5.25 Å². The zero-order chi connectivity index (χ0) is 22.5. The molecular formula is C24H26N4O3S. The lowest BCUT2D eigenvalue weighted by Crippen LogP contribution is -2.26. The number of amides is 3. The van der Waals surface area contributed by atoms with Crippen LogP contribution in [0.4, 0.5) is 5.69 Å². The molecule has 0 saturated carbocycles. The number of benzene rings is 2. The van der Waals surface area contributed by atoms with Crippen molar-refractivity contribution >= 4 is 40.3 Å². The van der Waals surface area contributed by atoms with Gasteiger partial charge in [0.1, 0.15) is 5.25 Å². The Labute approximate surface area is 191 Å². The summed E-state index contributed by atoms with van der Waals surface area (Å²) in [6.07, 6.45) is 2.29. The summed E-state index contributed by atoms with van der Waals surface area (Å²) < 4.78 is 0. The SMILES string of the molecule is C[C@@H](NC(=O)c1ccc(NC(=O)C[C@H]2SC(N3CCCC3)=NC2=O)cc1)c1ccccc1. The molecule has 1 fully saturated rings. The molecular weight excluding hydrogens is 424 g/mol. The minimum atomic E-state index is -0.477. The Morgan fingerprint density at radius 1 is 1.09 bits per heavy atom. The summed E-state index contributed by atoms with van der Waals surface area (Å²) >= 11 is 1.38. The number of amidine groups is 1. The third-order valence-corrected chi connectivity index (χ3v) is 6.77. The number of aliphatic imine (C=N–C) groups is 1. The van der Waals surface area contributed by atoms with Gasteiger partial charge in [0.2, 0.25) is 5.91 Å². The smallest absolute Gasteiger partial charge is 0.262 e. The molecule has 2 aliphatic heterocycles. The van der Waals surface area contributed by atoms with Crippen molar-refractivity contribution < 1.29 is 14.4 Å². The van der Waals surface area contributed by atoms with E-state index in [9.17, 15) is 14.4 Å². The number of rotatable bonds is 6. The molecule has 2 N–H and O–H groups in total. The highest BCUT2D eigenvalue weighted by Crippen LogP contribution is 2.29. The first-order valence-corrected chi connectivity index (χ1v) is 11.7. The van der Waals surface area contributed by atoms with Gasteiger partial charge in [-0.25, -0.2) is 0 Å². The monoisotopic (exact) mass is 450 g/mol. The van der Waals surface area contributed by atoms with Crippen molar-refractivity contribution in [2.24, 2.45) is 4.99 Å². The number of likely N-dealkylation sites (tertiary alicyclic amines) is 1. The van der Waals surface area contributed by atoms with Crippen molar-refractivity contribution in [1.29, 1.82) is 0 Å². The molecule has 2 atom stereocenters. The van der Waals surface area contributed by atoms with Gasteiger partial charge in [-0.1, -0.05) is 42.1 Å². The minimum Gasteiger partial charge on any atom is -0.351 e. The molecule has 7 nitrogen and oxygen atoms in total. The van der Waals surface area contributed by atoms with Gasteiger partial charge in [0.25, 0.3) is 11.8 Å². The lowest BCUT2D eigenvalue weighted by atomic mass is 10.1. The maximum atomic E-state index is 12.5. The van der Waals surface area contributed by atoms with Crippen LogP contribution in [0.25, 0.3) is 0 Å². The second-order valence-corrected chi connectivity index (χ2v) is 9.14. The molecule has 3 amide bonds. The summed E-state index contributed by atoms with van der Waals surface area (Å²) in [5, 5.41) is 6.04. The molecule has 4 rings (SSSR count). The molecule has 2 aliphatic rings. The van der Waals surface area contributed by atoms with Crippen molar-refractivity contribution in [2.45, 2.75) is 37.5 Å². The number of carbonyl (C=O) groups is 3. The number of carbonyl (C=O) groups excluding carboxylic acids is 3. The maximum absolute atomic E-state index is 12.5. The van der Waals surface area contributed by atoms with E-state index in [4.69, 9.17) is 0 Å². The average Bonchev–Trinajstić information content (AvgIpc) is 3.45. The Morgan fingerprint density at radius 3 is 2.47 bits per heavy atom. The fourth-order valence-electron chi connectivity index (χ4n) is 3.74. The van der Waals surface area contributed by atoms with Crippen LogP contribution in [0.2, 0.25) is 0 Å². The number of hydrogen-bond acceptors (Lipinski definition) is 5. The second kappa shape index (κ2) is 9.99. The van der Waals surface area contributed by atoms with Crippen molar-refractivity contribution in [3.63, 3.8) is 0 Å². The van der Waals surface area contributed by atoms with Crippen LogP contribution < -0.4 is 10.6 Å². The lowest BCUT2D eigenvalue weighted by Gasteiger charge is -2.16. The lowest BCUT2D eigenvalue weighted by molar-refractivity contribution is -0.121. The molecule has 32 heavy (non-hydrogen) atoms. The molecule has 2 aromatic carbocycles. The number of anilines is 1. The van der Waals surface area contributed by atoms with E-state index in [0.29, 0.717) is 11.3 Å². The van der Waals surface area contributed by atoms with E-state index in [1.165, 1.54) is 11.8 Å². The first-order valence-electron chi connectivity index (χ1n) is 10.8. The molecule has 166 valence electrons. The van der Waals surface area contributed by atoms with E-state index in [1.54, 1.807) is 24.3 Å². The van der Waals surface area contributed by atoms with Crippen LogP contribution in [-0.2, 0) is 9.59 Å². The third-order valence-electron chi connectivity index (χ3n) is 5.55. The van der Waals surface area contributed by atoms with Crippen LogP contribution in [0, 0.1) is 0 Å². The summed E-state index contributed by atoms with van der Waals surface area (Å²) in [6.45, 7) is 3.77. The second-order valence-electron chi connectivity index (χ2n) is 7.97. The van der Waals surface area contributed by atoms with Crippen LogP contribution in [-0.4, -0.2) is 46.1 Å². The fraction of sp³-hybridized carbons (Fsp3) is 0.333. The highest BCUT2D eigenvalue weighted by atomic mass is 32.2. The van der Waals surface area contributed by atoms with Crippen LogP contribution in [0.3, 0.4) is 0 Å². The van der Waals surface area contributed by atoms with Crippen LogP contribution in [0.5, 0.6) is 0 Å². The van der Waals surface area contributed by atoms with Crippen LogP contribution >= 0.6 is 11.8 Å². The molecule has 0 radical (unpaired) electrons. The molecule has 1 saturated heterocycles. The molecule has 2 heterocycles. The molecule has 0 bridgehead atoms. The van der Waals surface area contributed by atoms with Crippen LogP contribution in [0.15, 0.2) is 59.6 Å². The van der Waals surface area contributed by atoms with Gasteiger partial charge in [-0.2, -0.15) is 4.99 Å². The predicted molar refractivity (Wildman–Crippen MR) is 127 cm³/mol. The van der Waals surface area contributed by atoms with Gasteiger partial charge in [-0.3, -0.25) is 14.4 Å². The maximum Gasteiger partial charge on any atom is 0.262 e. The molecule has 2 aromatic rings. The number of nitrogens with one attached hydrogen (secondary N) is 2. The van der Waals surface area contributed by atoms with E-state index >= 15 is 0 Å². The molecule has 8 heteroatoms. The number of nitrogens with zero attached hydrogens (tertiary/aromatic N) is 2. The van der Waals surface area contributed by atoms with Crippen molar-refractivity contribution in [3.8, 4) is 0 Å². The topological polar surface area (TPSA) is 90.9 Å². The molecule has 0 aliphatic carbocycles. The summed E-state index contributed by atoms with van der Waals surface area (Å²) in [7, 11) is 0. The van der Waals surface area contributed by atoms with Gasteiger partial charge in [-0.05, 0) is 49.6 Å². The minimum absolute atomic E-state index is 0.0706. The van der Waals surface area contributed by atoms with Gasteiger partial charge >= 0.3 is 0 Å². The van der Waals surface area contributed by atoms with E-state index in [2.05, 4.69) is 20.5 Å². The summed E-state index contributed by atoms with van der Waals surface area (Å²) in [6, 6.07) is 16.4. The quantitative estimate of drug-likeness (QED) is 0.702. The van der Waals surface area contributed by atoms with Gasteiger partial charge in [-0.15, -0.1) is 0 Å². The van der Waals surface area contributed by atoms with E-state index in [-0.39, 0.29) is 30.2 Å². The summed E-state index contributed by atoms with van der Waals surface area (Å²) in [5.41, 5.74) is 2.12. The van der Waals surface area contributed by atoms with Crippen molar-refractivity contribution in [3.05, 3.63) is 65.7 Å². The van der Waals surface area contributed by atoms with Crippen molar-refractivity contribution in [2.75, 3.05) is 18.4 Å². The van der Waals surface area contributed by atoms with Gasteiger partial charge in [0.05, 0.1) is 6.04 Å². The predicted octanol–water partition coefficient (Wildman–Crippen LogP) is 3.60. The number of hydrogen-bond donors (Lipinski definition) is 2. The zero-order valence-electron chi connectivity index (χ0n) is 17.9. The third kappa shape index (κ3) is 5.37. The first kappa shape index (κ1) is 22.1. The standard InChI is InChI=1S/C24H26N4O3S/c1-16(17-7-3-2-4-8-17)25-22(30)18-9-11-19(12-10-18)26-21(29)15-20-23(31)27-24(32-20)28-13-5-6-14-28/h2-4,7-12,16,20H,5-6,13-15H2,1H3,(H,25,30)(H,26,29)/t16-,20-/m1/s1. The zero-order valence-corrected chi connectivity index (χ0v) is 18.7. The van der Waals surface area contributed by atoms with Gasteiger partial charge < -0.3 is 15.5 Å². The Hall–Kier alpha value is -3.13. The average molecular weight is 451 g/mol. The highest BCUT2D eigenvalue weighted by molar-refractivity contribution is 8.15. The van der Waals surface area contributed by atoms with Gasteiger partial charge in [0.15, 0.2) is 5.17 Å². The molecule has 0 spiro atoms.